The molecule has 1 atom stereocenters. The highest BCUT2D eigenvalue weighted by Gasteiger charge is 2.04. The number of nitrogens with two attached hydrogens (primary N) is 1. The molecule has 0 aromatic heterocycles. The third-order valence-corrected chi connectivity index (χ3v) is 3.62. The monoisotopic (exact) mass is 296 g/mol. The number of carbonyl (C=O) groups excluding carboxylic acids is 1. The Morgan fingerprint density at radius 3 is 2.50 bits per heavy atom. The first-order valence-corrected chi connectivity index (χ1v) is 7.73. The van der Waals surface area contributed by atoms with E-state index in [0.717, 1.165) is 12.0 Å². The number of nitrogens with one attached hydrogen (secondary N) is 1. The van der Waals surface area contributed by atoms with Crippen molar-refractivity contribution >= 4 is 5.91 Å². The topological polar surface area (TPSA) is 55.1 Å². The number of benzene rings is 2. The zero-order valence-corrected chi connectivity index (χ0v) is 13.3. The van der Waals surface area contributed by atoms with Crippen LogP contribution in [0.1, 0.15) is 30.9 Å². The van der Waals surface area contributed by atoms with Crippen molar-refractivity contribution in [2.75, 3.05) is 0 Å². The molecule has 0 aliphatic rings. The van der Waals surface area contributed by atoms with Gasteiger partial charge in [-0.3, -0.25) is 4.79 Å². The molecule has 22 heavy (non-hydrogen) atoms. The number of carbonyl (C=O) groups is 1. The average molecular weight is 296 g/mol. The predicted octanol–water partition coefficient (Wildman–Crippen LogP) is 3.41. The van der Waals surface area contributed by atoms with Crippen LogP contribution < -0.4 is 11.1 Å². The molecule has 0 heterocycles. The van der Waals surface area contributed by atoms with Gasteiger partial charge in [0.1, 0.15) is 0 Å². The molecule has 2 aromatic carbocycles. The van der Waals surface area contributed by atoms with Crippen LogP contribution in [-0.2, 0) is 11.3 Å². The fourth-order valence-corrected chi connectivity index (χ4v) is 2.29. The van der Waals surface area contributed by atoms with Crippen LogP contribution in [0.2, 0.25) is 0 Å². The molecule has 3 nitrogen and oxygen atoms in total. The van der Waals surface area contributed by atoms with E-state index in [2.05, 4.69) is 60.8 Å². The lowest BCUT2D eigenvalue weighted by atomic mass is 10.0. The van der Waals surface area contributed by atoms with Crippen LogP contribution in [0.15, 0.2) is 48.5 Å². The van der Waals surface area contributed by atoms with Gasteiger partial charge in [-0.1, -0.05) is 54.1 Å². The minimum absolute atomic E-state index is 0.0556. The summed E-state index contributed by atoms with van der Waals surface area (Å²) in [5.41, 5.74) is 10.4. The first-order chi connectivity index (χ1) is 10.5. The Labute approximate surface area is 132 Å². The summed E-state index contributed by atoms with van der Waals surface area (Å²) < 4.78 is 0. The Morgan fingerprint density at radius 1 is 1.14 bits per heavy atom. The first kappa shape index (κ1) is 16.2. The quantitative estimate of drug-likeness (QED) is 0.858. The van der Waals surface area contributed by atoms with E-state index in [4.69, 9.17) is 5.73 Å². The van der Waals surface area contributed by atoms with Crippen LogP contribution in [0.4, 0.5) is 0 Å². The lowest BCUT2D eigenvalue weighted by Crippen LogP contribution is -2.25. The largest absolute Gasteiger partial charge is 0.352 e. The SMILES string of the molecule is Cc1cccc(-c2ccc(CNC(=O)CCC(C)N)cc2)c1. The second-order valence-electron chi connectivity index (χ2n) is 5.86. The summed E-state index contributed by atoms with van der Waals surface area (Å²) in [6.07, 6.45) is 1.21. The molecular weight excluding hydrogens is 272 g/mol. The molecular formula is C19H24N2O. The summed E-state index contributed by atoms with van der Waals surface area (Å²) in [4.78, 5) is 11.7. The zero-order chi connectivity index (χ0) is 15.9. The third kappa shape index (κ3) is 5.01. The molecule has 3 heteroatoms. The number of hydrogen-bond donors (Lipinski definition) is 2. The van der Waals surface area contributed by atoms with Crippen molar-refractivity contribution in [1.82, 2.24) is 5.32 Å². The molecule has 116 valence electrons. The molecule has 2 rings (SSSR count). The van der Waals surface area contributed by atoms with Gasteiger partial charge in [0.05, 0.1) is 0 Å². The first-order valence-electron chi connectivity index (χ1n) is 7.73. The maximum atomic E-state index is 11.7. The molecule has 3 N–H and O–H groups in total. The fourth-order valence-electron chi connectivity index (χ4n) is 2.29. The van der Waals surface area contributed by atoms with Gasteiger partial charge in [-0.15, -0.1) is 0 Å². The zero-order valence-electron chi connectivity index (χ0n) is 13.3. The van der Waals surface area contributed by atoms with Crippen molar-refractivity contribution in [3.8, 4) is 11.1 Å². The summed E-state index contributed by atoms with van der Waals surface area (Å²) in [6.45, 7) is 4.57. The minimum Gasteiger partial charge on any atom is -0.352 e. The van der Waals surface area contributed by atoms with Gasteiger partial charge >= 0.3 is 0 Å². The van der Waals surface area contributed by atoms with Crippen molar-refractivity contribution in [2.45, 2.75) is 39.3 Å². The molecule has 1 amide bonds. The van der Waals surface area contributed by atoms with Crippen LogP contribution in [-0.4, -0.2) is 11.9 Å². The van der Waals surface area contributed by atoms with Gasteiger partial charge in [0.25, 0.3) is 0 Å². The molecule has 0 spiro atoms. The number of rotatable bonds is 6. The van der Waals surface area contributed by atoms with Crippen LogP contribution in [0.25, 0.3) is 11.1 Å². The Hall–Kier alpha value is -2.13. The molecule has 0 aliphatic carbocycles. The molecule has 0 radical (unpaired) electrons. The Bertz CT molecular complexity index is 618. The highest BCUT2D eigenvalue weighted by Crippen LogP contribution is 2.20. The predicted molar refractivity (Wildman–Crippen MR) is 91.3 cm³/mol. The molecule has 2 aromatic rings. The van der Waals surface area contributed by atoms with Crippen LogP contribution in [0, 0.1) is 6.92 Å². The van der Waals surface area contributed by atoms with Crippen LogP contribution in [0.3, 0.4) is 0 Å². The lowest BCUT2D eigenvalue weighted by Gasteiger charge is -2.08. The van der Waals surface area contributed by atoms with Crippen molar-refractivity contribution in [3.63, 3.8) is 0 Å². The van der Waals surface area contributed by atoms with Gasteiger partial charge < -0.3 is 11.1 Å². The molecule has 0 aliphatic heterocycles. The van der Waals surface area contributed by atoms with Crippen molar-refractivity contribution in [3.05, 3.63) is 59.7 Å². The van der Waals surface area contributed by atoms with Crippen molar-refractivity contribution < 1.29 is 4.79 Å². The molecule has 0 saturated heterocycles. The van der Waals surface area contributed by atoms with Gasteiger partial charge in [-0.25, -0.2) is 0 Å². The fraction of sp³-hybridized carbons (Fsp3) is 0.316. The van der Waals surface area contributed by atoms with Gasteiger partial charge in [-0.05, 0) is 37.0 Å². The number of aryl methyl sites for hydroxylation is 1. The summed E-state index contributed by atoms with van der Waals surface area (Å²) in [5.74, 6) is 0.0556. The smallest absolute Gasteiger partial charge is 0.220 e. The minimum atomic E-state index is 0.0556. The Kier molecular flexibility index (Phi) is 5.73. The van der Waals surface area contributed by atoms with Crippen molar-refractivity contribution in [1.29, 1.82) is 0 Å². The van der Waals surface area contributed by atoms with Gasteiger partial charge in [0.15, 0.2) is 0 Å². The van der Waals surface area contributed by atoms with Gasteiger partial charge in [-0.2, -0.15) is 0 Å². The summed E-state index contributed by atoms with van der Waals surface area (Å²) in [5, 5.41) is 2.93. The van der Waals surface area contributed by atoms with Crippen molar-refractivity contribution in [2.24, 2.45) is 5.73 Å². The Morgan fingerprint density at radius 2 is 1.86 bits per heavy atom. The normalized spacial score (nSPS) is 12.0. The third-order valence-electron chi connectivity index (χ3n) is 3.62. The highest BCUT2D eigenvalue weighted by molar-refractivity contribution is 5.75. The van der Waals surface area contributed by atoms with E-state index < -0.39 is 0 Å². The maximum Gasteiger partial charge on any atom is 0.220 e. The molecule has 0 fully saturated rings. The van der Waals surface area contributed by atoms with E-state index in [1.165, 1.54) is 16.7 Å². The van der Waals surface area contributed by atoms with Crippen LogP contribution in [0.5, 0.6) is 0 Å². The van der Waals surface area contributed by atoms with E-state index in [0.29, 0.717) is 13.0 Å². The second kappa shape index (κ2) is 7.76. The highest BCUT2D eigenvalue weighted by atomic mass is 16.1. The Balaban J connectivity index is 1.91. The molecule has 1 unspecified atom stereocenters. The van der Waals surface area contributed by atoms with Gasteiger partial charge in [0, 0.05) is 19.0 Å². The molecule has 0 bridgehead atoms. The average Bonchev–Trinajstić information content (AvgIpc) is 2.51. The standard InChI is InChI=1S/C19H24N2O/c1-14-4-3-5-18(12-14)17-9-7-16(8-10-17)13-21-19(22)11-6-15(2)20/h3-5,7-10,12,15H,6,11,13,20H2,1-2H3,(H,21,22). The van der Waals surface area contributed by atoms with E-state index in [-0.39, 0.29) is 11.9 Å². The second-order valence-corrected chi connectivity index (χ2v) is 5.86. The van der Waals surface area contributed by atoms with E-state index in [1.54, 1.807) is 0 Å². The van der Waals surface area contributed by atoms with Crippen LogP contribution >= 0.6 is 0 Å². The summed E-state index contributed by atoms with van der Waals surface area (Å²) >= 11 is 0. The van der Waals surface area contributed by atoms with E-state index >= 15 is 0 Å². The number of amides is 1. The van der Waals surface area contributed by atoms with E-state index in [1.807, 2.05) is 6.92 Å². The summed E-state index contributed by atoms with van der Waals surface area (Å²) in [7, 11) is 0. The maximum absolute atomic E-state index is 11.7. The van der Waals surface area contributed by atoms with E-state index in [9.17, 15) is 4.79 Å². The number of hydrogen-bond acceptors (Lipinski definition) is 2. The summed E-state index contributed by atoms with van der Waals surface area (Å²) in [6, 6.07) is 16.8. The van der Waals surface area contributed by atoms with Gasteiger partial charge in [0.2, 0.25) is 5.91 Å². The lowest BCUT2D eigenvalue weighted by molar-refractivity contribution is -0.121. The molecule has 0 saturated carbocycles.